The molecule has 0 fully saturated rings. The van der Waals surface area contributed by atoms with E-state index in [1.165, 1.54) is 24.5 Å². The zero-order chi connectivity index (χ0) is 16.2. The molecule has 0 aliphatic heterocycles. The number of ether oxygens (including phenoxy) is 1. The number of aromatic amines is 1. The number of aromatic nitrogens is 4. The molecule has 0 aromatic carbocycles. The van der Waals surface area contributed by atoms with Gasteiger partial charge in [-0.25, -0.2) is 13.8 Å². The first-order chi connectivity index (χ1) is 10.4. The van der Waals surface area contributed by atoms with Gasteiger partial charge in [-0.05, 0) is 19.9 Å². The topological polar surface area (TPSA) is 92.8 Å². The second-order valence-electron chi connectivity index (χ2n) is 5.02. The van der Waals surface area contributed by atoms with Crippen molar-refractivity contribution >= 4 is 5.91 Å². The van der Waals surface area contributed by atoms with Crippen LogP contribution in [0.3, 0.4) is 0 Å². The van der Waals surface area contributed by atoms with Gasteiger partial charge in [0, 0.05) is 12.3 Å². The molecule has 118 valence electrons. The largest absolute Gasteiger partial charge is 0.472 e. The summed E-state index contributed by atoms with van der Waals surface area (Å²) in [6, 6.07) is 2.81. The minimum absolute atomic E-state index is 0.0348. The number of amides is 1. The van der Waals surface area contributed by atoms with Crippen LogP contribution in [0.4, 0.5) is 8.78 Å². The third kappa shape index (κ3) is 3.96. The molecule has 0 bridgehead atoms. The number of carbonyl (C=O) groups is 1. The molecular weight excluding hydrogens is 296 g/mol. The average Bonchev–Trinajstić information content (AvgIpc) is 3.00. The number of hydrogen-bond acceptors (Lipinski definition) is 5. The van der Waals surface area contributed by atoms with E-state index in [0.717, 1.165) is 0 Å². The van der Waals surface area contributed by atoms with E-state index in [1.54, 1.807) is 13.8 Å². The van der Waals surface area contributed by atoms with Gasteiger partial charge in [0.1, 0.15) is 5.69 Å². The molecule has 0 aliphatic rings. The summed E-state index contributed by atoms with van der Waals surface area (Å²) in [6.45, 7) is 2.81. The highest BCUT2D eigenvalue weighted by Crippen LogP contribution is 2.17. The van der Waals surface area contributed by atoms with E-state index in [1.807, 2.05) is 0 Å². The summed E-state index contributed by atoms with van der Waals surface area (Å²) in [7, 11) is 0. The summed E-state index contributed by atoms with van der Waals surface area (Å²) >= 11 is 0. The molecule has 2 aromatic rings. The SMILES string of the molecule is CC(C)(NC(=O)c1ccc(OCC(F)F)nc1)c1cn[nH]n1. The van der Waals surface area contributed by atoms with Crippen molar-refractivity contribution in [3.63, 3.8) is 0 Å². The standard InChI is InChI=1S/C13H15F2N5O2/c1-13(2,9-6-17-20-19-9)18-12(21)8-3-4-11(16-5-8)22-7-10(14)15/h3-6,10H,7H2,1-2H3,(H,18,21)(H,17,19,20). The second-order valence-corrected chi connectivity index (χ2v) is 5.02. The van der Waals surface area contributed by atoms with Crippen LogP contribution in [0.15, 0.2) is 24.5 Å². The number of halogens is 2. The summed E-state index contributed by atoms with van der Waals surface area (Å²) in [4.78, 5) is 16.0. The number of rotatable bonds is 6. The molecule has 0 radical (unpaired) electrons. The third-order valence-corrected chi connectivity index (χ3v) is 2.84. The summed E-state index contributed by atoms with van der Waals surface area (Å²) in [5.41, 5.74) is 0.126. The maximum absolute atomic E-state index is 12.2. The fourth-order valence-corrected chi connectivity index (χ4v) is 1.67. The Morgan fingerprint density at radius 2 is 2.18 bits per heavy atom. The Hall–Kier alpha value is -2.58. The van der Waals surface area contributed by atoms with Crippen molar-refractivity contribution in [3.05, 3.63) is 35.8 Å². The van der Waals surface area contributed by atoms with E-state index in [4.69, 9.17) is 4.74 Å². The Kier molecular flexibility index (Phi) is 4.64. The fourth-order valence-electron chi connectivity index (χ4n) is 1.67. The van der Waals surface area contributed by atoms with Gasteiger partial charge in [-0.15, -0.1) is 0 Å². The first-order valence-electron chi connectivity index (χ1n) is 6.44. The van der Waals surface area contributed by atoms with Crippen molar-refractivity contribution in [3.8, 4) is 5.88 Å². The van der Waals surface area contributed by atoms with Gasteiger partial charge in [-0.1, -0.05) is 0 Å². The van der Waals surface area contributed by atoms with Crippen LogP contribution in [0.1, 0.15) is 29.9 Å². The van der Waals surface area contributed by atoms with Crippen LogP contribution in [-0.2, 0) is 5.54 Å². The van der Waals surface area contributed by atoms with Crippen molar-refractivity contribution in [2.75, 3.05) is 6.61 Å². The first kappa shape index (κ1) is 15.8. The van der Waals surface area contributed by atoms with E-state index in [9.17, 15) is 13.6 Å². The molecule has 0 saturated heterocycles. The van der Waals surface area contributed by atoms with E-state index in [0.29, 0.717) is 5.69 Å². The Bertz CT molecular complexity index is 614. The Labute approximate surface area is 125 Å². The smallest absolute Gasteiger partial charge is 0.272 e. The molecule has 0 atom stereocenters. The zero-order valence-electron chi connectivity index (χ0n) is 12.0. The summed E-state index contributed by atoms with van der Waals surface area (Å²) < 4.78 is 28.8. The highest BCUT2D eigenvalue weighted by atomic mass is 19.3. The average molecular weight is 311 g/mol. The number of alkyl halides is 2. The molecule has 22 heavy (non-hydrogen) atoms. The van der Waals surface area contributed by atoms with Crippen LogP contribution in [0.5, 0.6) is 5.88 Å². The van der Waals surface area contributed by atoms with Gasteiger partial charge in [0.15, 0.2) is 6.61 Å². The molecule has 1 amide bonds. The Morgan fingerprint density at radius 1 is 1.41 bits per heavy atom. The van der Waals surface area contributed by atoms with E-state index >= 15 is 0 Å². The van der Waals surface area contributed by atoms with Crippen molar-refractivity contribution in [1.82, 2.24) is 25.7 Å². The molecule has 2 heterocycles. The van der Waals surface area contributed by atoms with Crippen LogP contribution in [0, 0.1) is 0 Å². The van der Waals surface area contributed by atoms with Crippen molar-refractivity contribution in [2.24, 2.45) is 0 Å². The monoisotopic (exact) mass is 311 g/mol. The summed E-state index contributed by atoms with van der Waals surface area (Å²) in [5, 5.41) is 12.9. The molecular formula is C13H15F2N5O2. The van der Waals surface area contributed by atoms with E-state index in [-0.39, 0.29) is 17.4 Å². The number of nitrogens with zero attached hydrogens (tertiary/aromatic N) is 3. The predicted octanol–water partition coefficient (Wildman–Crippen LogP) is 1.51. The van der Waals surface area contributed by atoms with Gasteiger partial charge in [0.2, 0.25) is 5.88 Å². The molecule has 0 spiro atoms. The minimum Gasteiger partial charge on any atom is -0.472 e. The fraction of sp³-hybridized carbons (Fsp3) is 0.385. The molecule has 2 aromatic heterocycles. The normalized spacial score (nSPS) is 11.5. The van der Waals surface area contributed by atoms with Crippen LogP contribution < -0.4 is 10.1 Å². The van der Waals surface area contributed by atoms with Gasteiger partial charge in [-0.2, -0.15) is 15.4 Å². The second kappa shape index (κ2) is 6.46. The number of nitrogens with one attached hydrogen (secondary N) is 2. The number of H-pyrrole nitrogens is 1. The lowest BCUT2D eigenvalue weighted by Gasteiger charge is -2.23. The van der Waals surface area contributed by atoms with Gasteiger partial charge in [-0.3, -0.25) is 4.79 Å². The van der Waals surface area contributed by atoms with Crippen molar-refractivity contribution in [2.45, 2.75) is 25.8 Å². The van der Waals surface area contributed by atoms with Crippen molar-refractivity contribution < 1.29 is 18.3 Å². The molecule has 0 aliphatic carbocycles. The van der Waals surface area contributed by atoms with Crippen molar-refractivity contribution in [1.29, 1.82) is 0 Å². The molecule has 2 rings (SSSR count). The summed E-state index contributed by atoms with van der Waals surface area (Å²) in [5.74, 6) is -0.339. The number of pyridine rings is 1. The quantitative estimate of drug-likeness (QED) is 0.843. The maximum Gasteiger partial charge on any atom is 0.272 e. The van der Waals surface area contributed by atoms with E-state index < -0.39 is 18.6 Å². The highest BCUT2D eigenvalue weighted by Gasteiger charge is 2.26. The molecule has 0 saturated carbocycles. The van der Waals surface area contributed by atoms with Gasteiger partial charge in [0.05, 0.1) is 17.3 Å². The molecule has 2 N–H and O–H groups in total. The van der Waals surface area contributed by atoms with Crippen LogP contribution in [0.2, 0.25) is 0 Å². The Morgan fingerprint density at radius 3 is 2.73 bits per heavy atom. The highest BCUT2D eigenvalue weighted by molar-refractivity contribution is 5.94. The molecule has 7 nitrogen and oxygen atoms in total. The molecule has 0 unspecified atom stereocenters. The minimum atomic E-state index is -2.58. The molecule has 9 heteroatoms. The number of hydrogen-bond donors (Lipinski definition) is 2. The first-order valence-corrected chi connectivity index (χ1v) is 6.44. The number of carbonyl (C=O) groups excluding carboxylic acids is 1. The summed E-state index contributed by atoms with van der Waals surface area (Å²) in [6.07, 6.45) is 0.197. The maximum atomic E-state index is 12.2. The third-order valence-electron chi connectivity index (χ3n) is 2.84. The van der Waals surface area contributed by atoms with Gasteiger partial charge in [0.25, 0.3) is 12.3 Å². The van der Waals surface area contributed by atoms with Gasteiger partial charge >= 0.3 is 0 Å². The zero-order valence-corrected chi connectivity index (χ0v) is 12.0. The lowest BCUT2D eigenvalue weighted by atomic mass is 10.0. The Balaban J connectivity index is 2.01. The lowest BCUT2D eigenvalue weighted by molar-refractivity contribution is 0.0794. The van der Waals surface area contributed by atoms with Crippen LogP contribution in [-0.4, -0.2) is 39.3 Å². The van der Waals surface area contributed by atoms with E-state index in [2.05, 4.69) is 25.7 Å². The van der Waals surface area contributed by atoms with Crippen LogP contribution in [0.25, 0.3) is 0 Å². The predicted molar refractivity (Wildman–Crippen MR) is 72.6 cm³/mol. The van der Waals surface area contributed by atoms with Gasteiger partial charge < -0.3 is 10.1 Å². The lowest BCUT2D eigenvalue weighted by Crippen LogP contribution is -2.41. The van der Waals surface area contributed by atoms with Crippen LogP contribution >= 0.6 is 0 Å².